The molecule has 0 aliphatic heterocycles. The first-order valence-electron chi connectivity index (χ1n) is 10.3. The third-order valence-electron chi connectivity index (χ3n) is 4.96. The number of hydrogen-bond donors (Lipinski definition) is 0. The summed E-state index contributed by atoms with van der Waals surface area (Å²) in [5.74, 6) is 0.872. The molecule has 0 saturated heterocycles. The number of halogens is 3. The van der Waals surface area contributed by atoms with Crippen molar-refractivity contribution in [1.29, 1.82) is 0 Å². The van der Waals surface area contributed by atoms with Crippen LogP contribution < -0.4 is 9.47 Å². The summed E-state index contributed by atoms with van der Waals surface area (Å²) < 4.78 is 47.1. The quantitative estimate of drug-likeness (QED) is 0.393. The summed E-state index contributed by atoms with van der Waals surface area (Å²) in [6, 6.07) is 20.0. The smallest absolute Gasteiger partial charge is 0.457 e. The molecule has 0 fully saturated rings. The van der Waals surface area contributed by atoms with Crippen molar-refractivity contribution in [2.45, 2.75) is 52.3 Å². The molecule has 0 bridgehead atoms. The number of ether oxygens (including phenoxy) is 2. The Labute approximate surface area is 181 Å². The van der Waals surface area contributed by atoms with Crippen molar-refractivity contribution < 1.29 is 22.6 Å². The van der Waals surface area contributed by atoms with Crippen LogP contribution in [0.1, 0.15) is 45.2 Å². The predicted molar refractivity (Wildman–Crippen MR) is 118 cm³/mol. The standard InChI is InChI=1S/C26H27F3O2/c1-5-6-19-7-8-20(18-9-11-21(12-10-18)25(2,3)4)17-24(19)30-22-13-15-23(16-14-22)31-26(27,28)29/h7-17H,5-6H2,1-4H3. The Bertz CT molecular complexity index is 999. The summed E-state index contributed by atoms with van der Waals surface area (Å²) in [7, 11) is 0. The fraction of sp³-hybridized carbons (Fsp3) is 0.308. The highest BCUT2D eigenvalue weighted by molar-refractivity contribution is 5.67. The molecule has 0 heterocycles. The Balaban J connectivity index is 1.87. The van der Waals surface area contributed by atoms with Crippen molar-refractivity contribution in [2.75, 3.05) is 0 Å². The van der Waals surface area contributed by atoms with Gasteiger partial charge in [-0.2, -0.15) is 0 Å². The summed E-state index contributed by atoms with van der Waals surface area (Å²) in [6.45, 7) is 8.63. The van der Waals surface area contributed by atoms with Gasteiger partial charge >= 0.3 is 6.36 Å². The lowest BCUT2D eigenvalue weighted by Gasteiger charge is -2.19. The molecule has 0 N–H and O–H groups in total. The molecule has 0 atom stereocenters. The number of rotatable bonds is 6. The van der Waals surface area contributed by atoms with E-state index >= 15 is 0 Å². The Morgan fingerprint density at radius 2 is 1.32 bits per heavy atom. The molecule has 164 valence electrons. The first kappa shape index (κ1) is 22.7. The van der Waals surface area contributed by atoms with Gasteiger partial charge in [0.25, 0.3) is 0 Å². The highest BCUT2D eigenvalue weighted by atomic mass is 19.4. The summed E-state index contributed by atoms with van der Waals surface area (Å²) in [4.78, 5) is 0. The van der Waals surface area contributed by atoms with E-state index in [4.69, 9.17) is 4.74 Å². The molecule has 2 nitrogen and oxygen atoms in total. The zero-order valence-corrected chi connectivity index (χ0v) is 18.2. The van der Waals surface area contributed by atoms with E-state index in [1.165, 1.54) is 29.8 Å². The number of alkyl halides is 3. The van der Waals surface area contributed by atoms with E-state index in [0.717, 1.165) is 29.5 Å². The van der Waals surface area contributed by atoms with Gasteiger partial charge in [0.05, 0.1) is 0 Å². The van der Waals surface area contributed by atoms with Crippen molar-refractivity contribution in [2.24, 2.45) is 0 Å². The highest BCUT2D eigenvalue weighted by Crippen LogP contribution is 2.34. The van der Waals surface area contributed by atoms with Crippen LogP contribution in [0.5, 0.6) is 17.2 Å². The van der Waals surface area contributed by atoms with E-state index in [2.05, 4.69) is 62.8 Å². The molecule has 3 aromatic rings. The maximum Gasteiger partial charge on any atom is 0.573 e. The molecule has 3 aromatic carbocycles. The lowest BCUT2D eigenvalue weighted by Crippen LogP contribution is -2.16. The first-order valence-corrected chi connectivity index (χ1v) is 10.3. The molecule has 0 amide bonds. The Morgan fingerprint density at radius 3 is 1.87 bits per heavy atom. The van der Waals surface area contributed by atoms with Crippen LogP contribution in [0.2, 0.25) is 0 Å². The Morgan fingerprint density at radius 1 is 0.742 bits per heavy atom. The molecular formula is C26H27F3O2. The average Bonchev–Trinajstić information content (AvgIpc) is 2.69. The zero-order valence-electron chi connectivity index (χ0n) is 18.2. The molecule has 0 aromatic heterocycles. The lowest BCUT2D eigenvalue weighted by molar-refractivity contribution is -0.274. The molecular weight excluding hydrogens is 401 g/mol. The number of benzene rings is 3. The monoisotopic (exact) mass is 428 g/mol. The van der Waals surface area contributed by atoms with Gasteiger partial charge < -0.3 is 9.47 Å². The number of hydrogen-bond acceptors (Lipinski definition) is 2. The third-order valence-corrected chi connectivity index (χ3v) is 4.96. The van der Waals surface area contributed by atoms with Gasteiger partial charge in [-0.1, -0.05) is 70.5 Å². The summed E-state index contributed by atoms with van der Waals surface area (Å²) in [5.41, 5.74) is 4.49. The maximum absolute atomic E-state index is 12.4. The second-order valence-electron chi connectivity index (χ2n) is 8.52. The van der Waals surface area contributed by atoms with E-state index in [0.29, 0.717) is 11.5 Å². The van der Waals surface area contributed by atoms with Gasteiger partial charge in [-0.25, -0.2) is 0 Å². The molecule has 31 heavy (non-hydrogen) atoms. The minimum absolute atomic E-state index is 0.0831. The molecule has 0 spiro atoms. The van der Waals surface area contributed by atoms with Crippen LogP contribution in [0.15, 0.2) is 66.7 Å². The van der Waals surface area contributed by atoms with E-state index in [1.54, 1.807) is 0 Å². The number of aryl methyl sites for hydroxylation is 1. The Kier molecular flexibility index (Phi) is 6.63. The van der Waals surface area contributed by atoms with E-state index in [1.807, 2.05) is 12.1 Å². The molecule has 5 heteroatoms. The maximum atomic E-state index is 12.4. The molecule has 0 saturated carbocycles. The van der Waals surface area contributed by atoms with Crippen LogP contribution in [-0.2, 0) is 11.8 Å². The predicted octanol–water partition coefficient (Wildman–Crippen LogP) is 8.29. The SMILES string of the molecule is CCCc1ccc(-c2ccc(C(C)(C)C)cc2)cc1Oc1ccc(OC(F)(F)F)cc1. The molecule has 0 aliphatic carbocycles. The molecule has 3 rings (SSSR count). The fourth-order valence-electron chi connectivity index (χ4n) is 3.30. The van der Waals surface area contributed by atoms with Crippen molar-refractivity contribution in [3.63, 3.8) is 0 Å². The lowest BCUT2D eigenvalue weighted by atomic mass is 9.86. The molecule has 0 radical (unpaired) electrons. The van der Waals surface area contributed by atoms with Crippen molar-refractivity contribution in [3.8, 4) is 28.4 Å². The van der Waals surface area contributed by atoms with Crippen LogP contribution in [0.25, 0.3) is 11.1 Å². The largest absolute Gasteiger partial charge is 0.573 e. The third kappa shape index (κ3) is 6.27. The Hall–Kier alpha value is -2.95. The van der Waals surface area contributed by atoms with E-state index < -0.39 is 6.36 Å². The summed E-state index contributed by atoms with van der Waals surface area (Å²) >= 11 is 0. The van der Waals surface area contributed by atoms with Crippen LogP contribution in [0.4, 0.5) is 13.2 Å². The molecule has 0 unspecified atom stereocenters. The van der Waals surface area contributed by atoms with Gasteiger partial charge in [0.15, 0.2) is 0 Å². The van der Waals surface area contributed by atoms with Gasteiger partial charge in [0.1, 0.15) is 17.2 Å². The van der Waals surface area contributed by atoms with Crippen LogP contribution in [-0.4, -0.2) is 6.36 Å². The minimum Gasteiger partial charge on any atom is -0.457 e. The van der Waals surface area contributed by atoms with Crippen molar-refractivity contribution in [3.05, 3.63) is 77.9 Å². The van der Waals surface area contributed by atoms with Gasteiger partial charge in [0, 0.05) is 0 Å². The van der Waals surface area contributed by atoms with Crippen LogP contribution in [0.3, 0.4) is 0 Å². The highest BCUT2D eigenvalue weighted by Gasteiger charge is 2.31. The normalized spacial score (nSPS) is 12.0. The summed E-state index contributed by atoms with van der Waals surface area (Å²) in [5, 5.41) is 0. The van der Waals surface area contributed by atoms with Gasteiger partial charge in [-0.3, -0.25) is 0 Å². The van der Waals surface area contributed by atoms with Gasteiger partial charge in [-0.15, -0.1) is 13.2 Å². The van der Waals surface area contributed by atoms with Gasteiger partial charge in [0.2, 0.25) is 0 Å². The fourth-order valence-corrected chi connectivity index (χ4v) is 3.30. The van der Waals surface area contributed by atoms with E-state index in [-0.39, 0.29) is 11.2 Å². The second kappa shape index (κ2) is 9.04. The van der Waals surface area contributed by atoms with Crippen molar-refractivity contribution >= 4 is 0 Å². The van der Waals surface area contributed by atoms with Crippen molar-refractivity contribution in [1.82, 2.24) is 0 Å². The van der Waals surface area contributed by atoms with Crippen LogP contribution in [0, 0.1) is 0 Å². The second-order valence-corrected chi connectivity index (χ2v) is 8.52. The average molecular weight is 428 g/mol. The molecule has 0 aliphatic rings. The first-order chi connectivity index (χ1) is 14.5. The zero-order chi connectivity index (χ0) is 22.6. The van der Waals surface area contributed by atoms with E-state index in [9.17, 15) is 13.2 Å². The summed E-state index contributed by atoms with van der Waals surface area (Å²) in [6.07, 6.45) is -2.92. The minimum atomic E-state index is -4.71. The topological polar surface area (TPSA) is 18.5 Å². The van der Waals surface area contributed by atoms with Crippen LogP contribution >= 0.6 is 0 Å². The van der Waals surface area contributed by atoms with Gasteiger partial charge in [-0.05, 0) is 64.4 Å².